The monoisotopic (exact) mass is 308 g/mol. The van der Waals surface area contributed by atoms with Crippen LogP contribution in [-0.4, -0.2) is 17.9 Å². The van der Waals surface area contributed by atoms with Crippen LogP contribution in [0.15, 0.2) is 64.6 Å². The van der Waals surface area contributed by atoms with E-state index in [1.165, 1.54) is 18.0 Å². The average Bonchev–Trinajstić information content (AvgIpc) is 2.55. The second-order valence-electron chi connectivity index (χ2n) is 4.48. The first-order valence-corrected chi connectivity index (χ1v) is 7.79. The van der Waals surface area contributed by atoms with Gasteiger partial charge in [0.25, 0.3) is 0 Å². The van der Waals surface area contributed by atoms with Crippen molar-refractivity contribution in [1.82, 2.24) is 5.43 Å². The van der Waals surface area contributed by atoms with Gasteiger partial charge >= 0.3 is 0 Å². The van der Waals surface area contributed by atoms with Crippen molar-refractivity contribution in [3.63, 3.8) is 0 Å². The highest BCUT2D eigenvalue weighted by Crippen LogP contribution is 2.21. The molecule has 22 heavy (non-hydrogen) atoms. The molecule has 0 aliphatic rings. The summed E-state index contributed by atoms with van der Waals surface area (Å²) in [6.45, 7) is 2.03. The Morgan fingerprint density at radius 1 is 1.18 bits per heavy atom. The molecular formula is C18H16N2OS. The fourth-order valence-corrected chi connectivity index (χ4v) is 2.49. The molecule has 0 saturated heterocycles. The third-order valence-electron chi connectivity index (χ3n) is 2.76. The van der Waals surface area contributed by atoms with E-state index >= 15 is 0 Å². The molecule has 0 saturated carbocycles. The molecule has 0 atom stereocenters. The molecule has 0 bridgehead atoms. The Labute approximate surface area is 134 Å². The van der Waals surface area contributed by atoms with Gasteiger partial charge in [-0.3, -0.25) is 4.79 Å². The van der Waals surface area contributed by atoms with Crippen LogP contribution in [-0.2, 0) is 4.79 Å². The number of hydrogen-bond donors (Lipinski definition) is 1. The summed E-state index contributed by atoms with van der Waals surface area (Å²) < 4.78 is 0. The number of nitrogens with zero attached hydrogens (tertiary/aromatic N) is 1. The summed E-state index contributed by atoms with van der Waals surface area (Å²) in [4.78, 5) is 12.8. The normalized spacial score (nSPS) is 10.0. The highest BCUT2D eigenvalue weighted by molar-refractivity contribution is 8.00. The fraction of sp³-hybridized carbons (Fsp3) is 0.111. The lowest BCUT2D eigenvalue weighted by atomic mass is 10.2. The van der Waals surface area contributed by atoms with Gasteiger partial charge in [0.1, 0.15) is 0 Å². The van der Waals surface area contributed by atoms with Crippen molar-refractivity contribution in [2.75, 3.05) is 5.75 Å². The minimum atomic E-state index is -0.147. The van der Waals surface area contributed by atoms with Gasteiger partial charge in [-0.1, -0.05) is 42.3 Å². The highest BCUT2D eigenvalue weighted by atomic mass is 32.2. The Morgan fingerprint density at radius 2 is 1.91 bits per heavy atom. The number of nitrogens with one attached hydrogen (secondary N) is 1. The molecule has 0 aliphatic heterocycles. The number of amides is 1. The van der Waals surface area contributed by atoms with Gasteiger partial charge in [0, 0.05) is 10.5 Å². The van der Waals surface area contributed by atoms with E-state index in [0.717, 1.165) is 16.0 Å². The summed E-state index contributed by atoms with van der Waals surface area (Å²) in [5.41, 5.74) is 4.54. The van der Waals surface area contributed by atoms with Gasteiger partial charge in [-0.2, -0.15) is 5.10 Å². The van der Waals surface area contributed by atoms with Crippen molar-refractivity contribution in [3.05, 3.63) is 65.7 Å². The van der Waals surface area contributed by atoms with Gasteiger partial charge in [0.2, 0.25) is 5.91 Å². The highest BCUT2D eigenvalue weighted by Gasteiger charge is 2.02. The molecule has 110 valence electrons. The van der Waals surface area contributed by atoms with Gasteiger partial charge in [0.05, 0.1) is 12.0 Å². The molecule has 1 amide bonds. The van der Waals surface area contributed by atoms with Crippen LogP contribution in [0.25, 0.3) is 0 Å². The summed E-state index contributed by atoms with van der Waals surface area (Å²) in [6.07, 6.45) is 1.39. The molecule has 2 aromatic carbocycles. The summed E-state index contributed by atoms with van der Waals surface area (Å²) in [5, 5.41) is 3.81. The second kappa shape index (κ2) is 8.71. The lowest BCUT2D eigenvalue weighted by Gasteiger charge is -2.03. The predicted octanol–water partition coefficient (Wildman–Crippen LogP) is 3.24. The second-order valence-corrected chi connectivity index (χ2v) is 5.50. The Hall–Kier alpha value is -2.51. The summed E-state index contributed by atoms with van der Waals surface area (Å²) in [5.74, 6) is 5.89. The van der Waals surface area contributed by atoms with E-state index < -0.39 is 0 Å². The summed E-state index contributed by atoms with van der Waals surface area (Å²) >= 11 is 1.49. The number of hydrogen-bond acceptors (Lipinski definition) is 3. The van der Waals surface area contributed by atoms with E-state index in [2.05, 4.69) is 22.4 Å². The van der Waals surface area contributed by atoms with Crippen LogP contribution in [0.5, 0.6) is 0 Å². The number of rotatable bonds is 4. The topological polar surface area (TPSA) is 41.5 Å². The molecule has 1 N–H and O–H groups in total. The van der Waals surface area contributed by atoms with Crippen molar-refractivity contribution in [2.45, 2.75) is 11.8 Å². The van der Waals surface area contributed by atoms with Crippen LogP contribution in [0.4, 0.5) is 0 Å². The van der Waals surface area contributed by atoms with Crippen molar-refractivity contribution in [2.24, 2.45) is 5.10 Å². The first-order chi connectivity index (χ1) is 10.8. The molecule has 2 rings (SSSR count). The molecule has 3 nitrogen and oxygen atoms in total. The van der Waals surface area contributed by atoms with Crippen LogP contribution in [0.1, 0.15) is 11.1 Å². The first-order valence-electron chi connectivity index (χ1n) is 6.81. The first kappa shape index (κ1) is 15.9. The van der Waals surface area contributed by atoms with Gasteiger partial charge in [-0.15, -0.1) is 11.8 Å². The Kier molecular flexibility index (Phi) is 6.28. The molecule has 0 aliphatic carbocycles. The molecule has 4 heteroatoms. The molecule has 0 spiro atoms. The van der Waals surface area contributed by atoms with Gasteiger partial charge in [-0.05, 0) is 36.6 Å². The lowest BCUT2D eigenvalue weighted by Crippen LogP contribution is -2.19. The largest absolute Gasteiger partial charge is 0.272 e. The summed E-state index contributed by atoms with van der Waals surface area (Å²) in [6, 6.07) is 17.6. The summed E-state index contributed by atoms with van der Waals surface area (Å²) in [7, 11) is 0. The Balaban J connectivity index is 1.75. The SMILES string of the molecule is Cc1ccccc1SCC(=O)N/N=C\C#Cc1ccccc1. The maximum Gasteiger partial charge on any atom is 0.250 e. The maximum absolute atomic E-state index is 11.7. The fourth-order valence-electron chi connectivity index (χ4n) is 1.67. The standard InChI is InChI=1S/C18H16N2OS/c1-15-8-5-6-12-17(15)22-14-18(21)20-19-13-7-11-16-9-3-2-4-10-16/h2-6,8-10,12-13H,14H2,1H3,(H,20,21)/b19-13-. The third kappa shape index (κ3) is 5.47. The van der Waals surface area contributed by atoms with Crippen molar-refractivity contribution in [1.29, 1.82) is 0 Å². The van der Waals surface area contributed by atoms with Crippen LogP contribution in [0, 0.1) is 18.8 Å². The predicted molar refractivity (Wildman–Crippen MR) is 91.9 cm³/mol. The van der Waals surface area contributed by atoms with E-state index in [1.807, 2.05) is 61.5 Å². The van der Waals surface area contributed by atoms with E-state index in [-0.39, 0.29) is 5.91 Å². The molecule has 2 aromatic rings. The van der Waals surface area contributed by atoms with Crippen LogP contribution in [0.3, 0.4) is 0 Å². The van der Waals surface area contributed by atoms with E-state index in [9.17, 15) is 4.79 Å². The number of aryl methyl sites for hydroxylation is 1. The number of benzene rings is 2. The van der Waals surface area contributed by atoms with Crippen LogP contribution in [0.2, 0.25) is 0 Å². The molecule has 0 heterocycles. The maximum atomic E-state index is 11.7. The molecular weight excluding hydrogens is 292 g/mol. The van der Waals surface area contributed by atoms with E-state index in [4.69, 9.17) is 0 Å². The van der Waals surface area contributed by atoms with Crippen molar-refractivity contribution < 1.29 is 4.79 Å². The van der Waals surface area contributed by atoms with Crippen molar-refractivity contribution in [3.8, 4) is 11.8 Å². The van der Waals surface area contributed by atoms with Gasteiger partial charge in [-0.25, -0.2) is 5.43 Å². The van der Waals surface area contributed by atoms with Crippen LogP contribution >= 0.6 is 11.8 Å². The van der Waals surface area contributed by atoms with Gasteiger partial charge in [0.15, 0.2) is 0 Å². The lowest BCUT2D eigenvalue weighted by molar-refractivity contribution is -0.118. The number of carbonyl (C=O) groups is 1. The van der Waals surface area contributed by atoms with E-state index in [1.54, 1.807) is 0 Å². The quantitative estimate of drug-likeness (QED) is 0.408. The number of thioether (sulfide) groups is 1. The zero-order chi connectivity index (χ0) is 15.6. The zero-order valence-corrected chi connectivity index (χ0v) is 13.1. The smallest absolute Gasteiger partial charge is 0.250 e. The minimum Gasteiger partial charge on any atom is -0.272 e. The molecule has 0 unspecified atom stereocenters. The Bertz CT molecular complexity index is 715. The van der Waals surface area contributed by atoms with Crippen LogP contribution < -0.4 is 5.43 Å². The Morgan fingerprint density at radius 3 is 2.68 bits per heavy atom. The number of hydrazone groups is 1. The molecule has 0 fully saturated rings. The van der Waals surface area contributed by atoms with Gasteiger partial charge < -0.3 is 0 Å². The third-order valence-corrected chi connectivity index (χ3v) is 3.94. The van der Waals surface area contributed by atoms with E-state index in [0.29, 0.717) is 5.75 Å². The number of carbonyl (C=O) groups excluding carboxylic acids is 1. The molecule has 0 aromatic heterocycles. The minimum absolute atomic E-state index is 0.147. The average molecular weight is 308 g/mol. The zero-order valence-electron chi connectivity index (χ0n) is 12.2. The molecule has 0 radical (unpaired) electrons. The van der Waals surface area contributed by atoms with Crippen molar-refractivity contribution >= 4 is 23.9 Å².